The Morgan fingerprint density at radius 1 is 0.737 bits per heavy atom. The van der Waals surface area contributed by atoms with Crippen LogP contribution in [0.25, 0.3) is 0 Å². The minimum absolute atomic E-state index is 0.390. The molecule has 0 saturated carbocycles. The summed E-state index contributed by atoms with van der Waals surface area (Å²) in [6.45, 7) is 7.90. The van der Waals surface area contributed by atoms with Gasteiger partial charge in [-0.3, -0.25) is 33.6 Å². The van der Waals surface area contributed by atoms with Crippen LogP contribution >= 0.6 is 0 Å². The molecule has 0 heterocycles. The largest absolute Gasteiger partial charge is 0.452 e. The third-order valence-electron chi connectivity index (χ3n) is 5.08. The van der Waals surface area contributed by atoms with Gasteiger partial charge < -0.3 is 32.3 Å². The maximum atomic E-state index is 12.9. The van der Waals surface area contributed by atoms with Crippen LogP contribution in [-0.4, -0.2) is 78.1 Å². The number of hydrogen-bond acceptors (Lipinski definition) is 7. The zero-order valence-electron chi connectivity index (χ0n) is 21.9. The number of nitrogens with two attached hydrogens (primary N) is 1. The Hall–Kier alpha value is -3.72. The lowest BCUT2D eigenvalue weighted by Gasteiger charge is -2.28. The molecule has 0 aliphatic carbocycles. The van der Waals surface area contributed by atoms with Gasteiger partial charge in [0.2, 0.25) is 35.4 Å². The van der Waals surface area contributed by atoms with E-state index in [0.717, 1.165) is 6.92 Å². The van der Waals surface area contributed by atoms with Crippen molar-refractivity contribution < 1.29 is 46.7 Å². The molecular formula is C22H35F3N6O7. The molecule has 0 saturated heterocycles. The molecule has 0 unspecified atom stereocenters. The number of carbonyl (C=O) groups excluding carboxylic acids is 7. The van der Waals surface area contributed by atoms with Gasteiger partial charge in [-0.25, -0.2) is 0 Å². The fraction of sp³-hybridized carbons (Fsp3) is 0.682. The number of hydrogen-bond donors (Lipinski definition) is 6. The van der Waals surface area contributed by atoms with E-state index in [2.05, 4.69) is 21.3 Å². The van der Waals surface area contributed by atoms with Crippen molar-refractivity contribution in [2.45, 2.75) is 78.3 Å². The molecule has 6 amide bonds. The maximum absolute atomic E-state index is 12.9. The van der Waals surface area contributed by atoms with E-state index in [0.29, 0.717) is 0 Å². The molecule has 16 heteroatoms. The van der Waals surface area contributed by atoms with Crippen LogP contribution in [0.2, 0.25) is 0 Å². The minimum Gasteiger partial charge on any atom is -0.370 e. The standard InChI is InChI=1S/C22H35F3N6O7/c1-9(2)16(30-15(34)8-27-12(6)32)21(38)31-17(10(3)4)20(37)29-13(7-14(26)33)19(36)28-11(5)18(35)22(23,24)25/h9-11,13,16-17H,7-8H2,1-6H3,(H2,26,33)(H,27,32)(H,28,36)(H,29,37)(H,30,34)(H,31,38)/t11-,13-,16-,17-/m0/s1. The number of ketones is 1. The molecule has 4 atom stereocenters. The van der Waals surface area contributed by atoms with Crippen LogP contribution in [0.1, 0.15) is 48.0 Å². The summed E-state index contributed by atoms with van der Waals surface area (Å²) in [5.41, 5.74) is 5.09. The Labute approximate surface area is 217 Å². The first-order valence-corrected chi connectivity index (χ1v) is 11.6. The van der Waals surface area contributed by atoms with Gasteiger partial charge in [0, 0.05) is 6.92 Å². The molecule has 0 aromatic rings. The summed E-state index contributed by atoms with van der Waals surface area (Å²) in [6.07, 6.45) is -6.04. The van der Waals surface area contributed by atoms with Gasteiger partial charge in [-0.2, -0.15) is 13.2 Å². The predicted octanol–water partition coefficient (Wildman–Crippen LogP) is -1.60. The van der Waals surface area contributed by atoms with Crippen LogP contribution in [0.5, 0.6) is 0 Å². The lowest BCUT2D eigenvalue weighted by molar-refractivity contribution is -0.173. The number of halogens is 3. The summed E-state index contributed by atoms with van der Waals surface area (Å²) in [5.74, 6) is -8.52. The molecule has 0 aliphatic rings. The Morgan fingerprint density at radius 3 is 1.63 bits per heavy atom. The number of rotatable bonds is 14. The van der Waals surface area contributed by atoms with E-state index in [1.165, 1.54) is 20.8 Å². The monoisotopic (exact) mass is 552 g/mol. The number of Topliss-reactive ketones (excluding diaryl/α,β-unsaturated/α-hetero) is 1. The van der Waals surface area contributed by atoms with E-state index < -0.39 is 89.8 Å². The van der Waals surface area contributed by atoms with Gasteiger partial charge in [-0.1, -0.05) is 27.7 Å². The third kappa shape index (κ3) is 12.0. The summed E-state index contributed by atoms with van der Waals surface area (Å²) in [6, 6.07) is -6.19. The van der Waals surface area contributed by atoms with Crippen molar-refractivity contribution in [2.24, 2.45) is 17.6 Å². The molecule has 0 aliphatic heterocycles. The molecule has 13 nitrogen and oxygen atoms in total. The Morgan fingerprint density at radius 2 is 1.21 bits per heavy atom. The molecule has 7 N–H and O–H groups in total. The maximum Gasteiger partial charge on any atom is 0.452 e. The van der Waals surface area contributed by atoms with E-state index in [1.807, 2.05) is 0 Å². The molecule has 0 aromatic carbocycles. The first-order chi connectivity index (χ1) is 17.3. The number of alkyl halides is 3. The van der Waals surface area contributed by atoms with Crippen molar-refractivity contribution in [3.05, 3.63) is 0 Å². The number of nitrogens with one attached hydrogen (secondary N) is 5. The van der Waals surface area contributed by atoms with Gasteiger partial charge in [0.25, 0.3) is 5.78 Å². The quantitative estimate of drug-likeness (QED) is 0.149. The normalized spacial score (nSPS) is 14.5. The Balaban J connectivity index is 5.62. The van der Waals surface area contributed by atoms with Crippen molar-refractivity contribution >= 4 is 41.2 Å². The SMILES string of the molecule is CC(=O)NCC(=O)N[C@H](C(=O)N[C@H](C(=O)N[C@@H](CC(N)=O)C(=O)N[C@@H](C)C(=O)C(F)(F)F)C(C)C)C(C)C. The molecular weight excluding hydrogens is 517 g/mol. The molecule has 216 valence electrons. The van der Waals surface area contributed by atoms with Gasteiger partial charge in [0.15, 0.2) is 0 Å². The summed E-state index contributed by atoms with van der Waals surface area (Å²) in [7, 11) is 0. The first kappa shape index (κ1) is 34.3. The van der Waals surface area contributed by atoms with Crippen LogP contribution < -0.4 is 32.3 Å². The van der Waals surface area contributed by atoms with Crippen LogP contribution in [0.15, 0.2) is 0 Å². The molecule has 0 rings (SSSR count). The summed E-state index contributed by atoms with van der Waals surface area (Å²) in [5, 5.41) is 11.1. The average molecular weight is 553 g/mol. The molecule has 0 spiro atoms. The van der Waals surface area contributed by atoms with Gasteiger partial charge in [-0.15, -0.1) is 0 Å². The van der Waals surface area contributed by atoms with Gasteiger partial charge in [-0.05, 0) is 18.8 Å². The van der Waals surface area contributed by atoms with E-state index >= 15 is 0 Å². The Kier molecular flexibility index (Phi) is 13.4. The van der Waals surface area contributed by atoms with Crippen molar-refractivity contribution in [1.29, 1.82) is 0 Å². The summed E-state index contributed by atoms with van der Waals surface area (Å²) in [4.78, 5) is 84.2. The molecule has 0 bridgehead atoms. The fourth-order valence-electron chi connectivity index (χ4n) is 3.04. The third-order valence-corrected chi connectivity index (χ3v) is 5.08. The smallest absolute Gasteiger partial charge is 0.370 e. The van der Waals surface area contributed by atoms with Crippen molar-refractivity contribution in [3.8, 4) is 0 Å². The summed E-state index contributed by atoms with van der Waals surface area (Å²) < 4.78 is 37.9. The number of primary amides is 1. The second kappa shape index (κ2) is 14.9. The Bertz CT molecular complexity index is 924. The zero-order chi connectivity index (χ0) is 30.0. The highest BCUT2D eigenvalue weighted by Gasteiger charge is 2.43. The van der Waals surface area contributed by atoms with Gasteiger partial charge in [0.1, 0.15) is 18.1 Å². The molecule has 38 heavy (non-hydrogen) atoms. The minimum atomic E-state index is -5.23. The van der Waals surface area contributed by atoms with E-state index in [9.17, 15) is 46.7 Å². The molecule has 0 radical (unpaired) electrons. The molecule has 0 aromatic heterocycles. The number of amides is 6. The molecule has 0 fully saturated rings. The van der Waals surface area contributed by atoms with Crippen molar-refractivity contribution in [1.82, 2.24) is 26.6 Å². The van der Waals surface area contributed by atoms with E-state index in [4.69, 9.17) is 5.73 Å². The average Bonchev–Trinajstić information content (AvgIpc) is 2.76. The van der Waals surface area contributed by atoms with Gasteiger partial charge >= 0.3 is 6.18 Å². The second-order valence-corrected chi connectivity index (χ2v) is 9.25. The van der Waals surface area contributed by atoms with E-state index in [1.54, 1.807) is 19.2 Å². The topological polar surface area (TPSA) is 206 Å². The van der Waals surface area contributed by atoms with Crippen molar-refractivity contribution in [2.75, 3.05) is 6.54 Å². The highest BCUT2D eigenvalue weighted by atomic mass is 19.4. The second-order valence-electron chi connectivity index (χ2n) is 9.25. The summed E-state index contributed by atoms with van der Waals surface area (Å²) >= 11 is 0. The number of carbonyl (C=O) groups is 7. The lowest BCUT2D eigenvalue weighted by Crippen LogP contribution is -2.60. The van der Waals surface area contributed by atoms with Crippen LogP contribution in [0, 0.1) is 11.8 Å². The highest BCUT2D eigenvalue weighted by Crippen LogP contribution is 2.18. The highest BCUT2D eigenvalue weighted by molar-refractivity contribution is 5.98. The lowest BCUT2D eigenvalue weighted by atomic mass is 9.99. The predicted molar refractivity (Wildman–Crippen MR) is 127 cm³/mol. The van der Waals surface area contributed by atoms with Gasteiger partial charge in [0.05, 0.1) is 19.0 Å². The van der Waals surface area contributed by atoms with Crippen LogP contribution in [0.3, 0.4) is 0 Å². The first-order valence-electron chi connectivity index (χ1n) is 11.6. The zero-order valence-corrected chi connectivity index (χ0v) is 21.9. The van der Waals surface area contributed by atoms with Crippen molar-refractivity contribution in [3.63, 3.8) is 0 Å². The fourth-order valence-corrected chi connectivity index (χ4v) is 3.04. The van der Waals surface area contributed by atoms with Crippen LogP contribution in [0.4, 0.5) is 13.2 Å². The van der Waals surface area contributed by atoms with E-state index in [-0.39, 0.29) is 6.54 Å². The van der Waals surface area contributed by atoms with Crippen LogP contribution in [-0.2, 0) is 33.6 Å².